The predicted molar refractivity (Wildman–Crippen MR) is 119 cm³/mol. The van der Waals surface area contributed by atoms with E-state index in [1.165, 1.54) is 21.5 Å². The van der Waals surface area contributed by atoms with Crippen molar-refractivity contribution >= 4 is 19.2 Å². The van der Waals surface area contributed by atoms with Crippen molar-refractivity contribution in [3.63, 3.8) is 0 Å². The number of allylic oxidation sites excluding steroid dienone is 8. The van der Waals surface area contributed by atoms with Crippen LogP contribution in [0.15, 0.2) is 103 Å². The van der Waals surface area contributed by atoms with Crippen molar-refractivity contribution in [3.8, 4) is 0 Å². The quantitative estimate of drug-likeness (QED) is 0.447. The fraction of sp³-hybridized carbons (Fsp3) is 0.231. The van der Waals surface area contributed by atoms with E-state index in [-0.39, 0.29) is 24.8 Å². The van der Waals surface area contributed by atoms with Gasteiger partial charge < -0.3 is 24.8 Å². The molecule has 2 aromatic rings. The van der Waals surface area contributed by atoms with E-state index in [0.29, 0.717) is 5.92 Å². The summed E-state index contributed by atoms with van der Waals surface area (Å²) < 4.78 is 1.65. The molecule has 2 aliphatic carbocycles. The zero-order chi connectivity index (χ0) is 19.8. The Morgan fingerprint density at radius 1 is 0.833 bits per heavy atom. The van der Waals surface area contributed by atoms with Gasteiger partial charge >= 0.3 is 187 Å². The summed E-state index contributed by atoms with van der Waals surface area (Å²) in [6, 6.07) is 22.5. The van der Waals surface area contributed by atoms with E-state index in [1.807, 2.05) is 0 Å². The van der Waals surface area contributed by atoms with Crippen molar-refractivity contribution in [1.29, 1.82) is 0 Å². The summed E-state index contributed by atoms with van der Waals surface area (Å²) in [6.45, 7) is 9.41. The fourth-order valence-corrected chi connectivity index (χ4v) is 10.1. The Balaban J connectivity index is 0.00000160. The first-order chi connectivity index (χ1) is 13.5. The molecular weight excluding hydrogens is 503 g/mol. The molecule has 0 N–H and O–H groups in total. The second-order valence-corrected chi connectivity index (χ2v) is 12.3. The minimum atomic E-state index is -1.46. The molecule has 30 heavy (non-hydrogen) atoms. The third-order valence-corrected chi connectivity index (χ3v) is 11.6. The van der Waals surface area contributed by atoms with E-state index in [2.05, 4.69) is 94.4 Å². The number of hydrogen-bond acceptors (Lipinski definition) is 0. The van der Waals surface area contributed by atoms with Crippen molar-refractivity contribution in [1.82, 2.24) is 0 Å². The van der Waals surface area contributed by atoms with Crippen LogP contribution in [0.1, 0.15) is 34.1 Å². The van der Waals surface area contributed by atoms with Crippen molar-refractivity contribution in [2.24, 2.45) is 5.92 Å². The molecule has 0 nitrogen and oxygen atoms in total. The van der Waals surface area contributed by atoms with E-state index in [4.69, 9.17) is 0 Å². The van der Waals surface area contributed by atoms with Gasteiger partial charge in [0.1, 0.15) is 0 Å². The van der Waals surface area contributed by atoms with Gasteiger partial charge in [0.25, 0.3) is 0 Å². The van der Waals surface area contributed by atoms with Crippen LogP contribution in [0.4, 0.5) is 0 Å². The summed E-state index contributed by atoms with van der Waals surface area (Å²) in [5.74, 6) is 0.562. The van der Waals surface area contributed by atoms with Crippen LogP contribution in [0.2, 0.25) is 0 Å². The van der Waals surface area contributed by atoms with Crippen molar-refractivity contribution < 1.29 is 49.5 Å². The summed E-state index contributed by atoms with van der Waals surface area (Å²) in [6.07, 6.45) is 3.50. The van der Waals surface area contributed by atoms with Crippen molar-refractivity contribution in [3.05, 3.63) is 103 Å². The largest absolute Gasteiger partial charge is 1.00 e. The van der Waals surface area contributed by atoms with Crippen LogP contribution < -0.4 is 35.2 Å². The zero-order valence-corrected chi connectivity index (χ0v) is 23.1. The maximum Gasteiger partial charge on any atom is -1.00 e. The number of benzene rings is 2. The van der Waals surface area contributed by atoms with Crippen LogP contribution >= 0.6 is 0 Å². The van der Waals surface area contributed by atoms with Crippen LogP contribution in [-0.2, 0) is 24.7 Å². The number of halogens is 2. The smallest absolute Gasteiger partial charge is 1.00 e. The predicted octanol–water partition coefficient (Wildman–Crippen LogP) is -0.991. The summed E-state index contributed by atoms with van der Waals surface area (Å²) >= 11 is 1.57. The Morgan fingerprint density at radius 3 is 1.77 bits per heavy atom. The van der Waals surface area contributed by atoms with Crippen LogP contribution in [-0.4, -0.2) is 8.80 Å². The first-order valence-corrected chi connectivity index (χ1v) is 13.1. The maximum absolute atomic E-state index is 2.45. The van der Waals surface area contributed by atoms with Gasteiger partial charge in [-0.2, -0.15) is 0 Å². The van der Waals surface area contributed by atoms with Crippen LogP contribution in [0.3, 0.4) is 0 Å². The van der Waals surface area contributed by atoms with Gasteiger partial charge in [0.15, 0.2) is 0 Å². The third kappa shape index (κ3) is 4.63. The molecule has 0 radical (unpaired) electrons. The van der Waals surface area contributed by atoms with E-state index in [1.54, 1.807) is 49.9 Å². The minimum Gasteiger partial charge on any atom is -1.00 e. The van der Waals surface area contributed by atoms with Gasteiger partial charge in [0.05, 0.1) is 0 Å². The molecule has 0 spiro atoms. The average molecular weight is 530 g/mol. The Morgan fingerprint density at radius 2 is 1.33 bits per heavy atom. The van der Waals surface area contributed by atoms with Crippen molar-refractivity contribution in [2.75, 3.05) is 0 Å². The van der Waals surface area contributed by atoms with E-state index in [9.17, 15) is 0 Å². The van der Waals surface area contributed by atoms with Gasteiger partial charge in [-0.25, -0.2) is 0 Å². The molecule has 0 aromatic heterocycles. The Kier molecular flexibility index (Phi) is 8.95. The molecule has 2 aromatic carbocycles. The van der Waals surface area contributed by atoms with Gasteiger partial charge in [-0.05, 0) is 0 Å². The Bertz CT molecular complexity index is 994. The van der Waals surface area contributed by atoms with E-state index < -0.39 is 8.80 Å². The van der Waals surface area contributed by atoms with Gasteiger partial charge in [0.2, 0.25) is 0 Å². The Labute approximate surface area is 210 Å². The molecule has 1 unspecified atom stereocenters. The van der Waals surface area contributed by atoms with Gasteiger partial charge in [-0.1, -0.05) is 0 Å². The molecule has 0 amide bonds. The summed E-state index contributed by atoms with van der Waals surface area (Å²) in [5.41, 5.74) is 7.71. The zero-order valence-electron chi connectivity index (χ0n) is 18.0. The first kappa shape index (κ1) is 25.3. The minimum absolute atomic E-state index is 0. The summed E-state index contributed by atoms with van der Waals surface area (Å²) in [5, 5.41) is 4.79. The fourth-order valence-electron chi connectivity index (χ4n) is 4.95. The molecule has 0 heterocycles. The summed E-state index contributed by atoms with van der Waals surface area (Å²) in [4.78, 5) is 0. The van der Waals surface area contributed by atoms with Crippen molar-refractivity contribution in [2.45, 2.75) is 34.1 Å². The SMILES string of the molecule is CC1=CC(C)=C(C2=[C]([Zr+2])C(C)C([SiH](c3ccccc3)c3ccccc3)=C2C)C1.[Cl-].[Cl-]. The molecule has 1 atom stereocenters. The molecule has 0 fully saturated rings. The third-order valence-electron chi connectivity index (χ3n) is 6.25. The average Bonchev–Trinajstić information content (AvgIpc) is 3.14. The molecule has 2 aliphatic rings. The van der Waals surface area contributed by atoms with Crippen LogP contribution in [0, 0.1) is 5.92 Å². The standard InChI is InChI=1S/C26H27Si.2ClH.Zr/c1-18-15-19(2)24(16-18)25-17-20(3)26(21(25)4)27(22-11-7-5-8-12-22)23-13-9-6-10-14-23;;;/h5-15,20,27H,16H2,1-4H3;2*1H;/q;;;+2/p-2. The number of rotatable bonds is 4. The monoisotopic (exact) mass is 527 g/mol. The first-order valence-electron chi connectivity index (χ1n) is 10.1. The van der Waals surface area contributed by atoms with E-state index in [0.717, 1.165) is 6.42 Å². The van der Waals surface area contributed by atoms with Gasteiger partial charge in [-0.3, -0.25) is 0 Å². The number of hydrogen-bond donors (Lipinski definition) is 0. The normalized spacial score (nSPS) is 18.6. The van der Waals surface area contributed by atoms with Crippen LogP contribution in [0.5, 0.6) is 0 Å². The molecule has 4 rings (SSSR count). The van der Waals surface area contributed by atoms with Gasteiger partial charge in [-0.15, -0.1) is 0 Å². The molecular formula is C26H27Cl2SiZr. The summed E-state index contributed by atoms with van der Waals surface area (Å²) in [7, 11) is -1.46. The molecule has 0 aliphatic heterocycles. The topological polar surface area (TPSA) is 0 Å². The van der Waals surface area contributed by atoms with E-state index >= 15 is 0 Å². The molecule has 153 valence electrons. The Hall–Kier alpha value is -0.920. The molecule has 0 saturated heterocycles. The maximum atomic E-state index is 2.45. The second kappa shape index (κ2) is 10.6. The molecule has 0 saturated carbocycles. The van der Waals surface area contributed by atoms with Gasteiger partial charge in [0, 0.05) is 0 Å². The molecule has 4 heteroatoms. The van der Waals surface area contributed by atoms with Crippen LogP contribution in [0.25, 0.3) is 0 Å². The molecule has 0 bridgehead atoms. The second-order valence-electron chi connectivity index (χ2n) is 8.17.